The van der Waals surface area contributed by atoms with Crippen LogP contribution in [0.25, 0.3) is 22.0 Å². The molecule has 0 bridgehead atoms. The number of rotatable bonds is 6. The Morgan fingerprint density at radius 2 is 1.83 bits per heavy atom. The zero-order valence-electron chi connectivity index (χ0n) is 17.7. The lowest BCUT2D eigenvalue weighted by atomic mass is 9.88. The fraction of sp³-hybridized carbons (Fsp3) is 0.435. The van der Waals surface area contributed by atoms with Crippen LogP contribution in [0.2, 0.25) is 5.02 Å². The van der Waals surface area contributed by atoms with Gasteiger partial charge in [0.1, 0.15) is 5.60 Å². The van der Waals surface area contributed by atoms with Gasteiger partial charge in [-0.05, 0) is 56.4 Å². The minimum absolute atomic E-state index is 0.171. The minimum atomic E-state index is -1.08. The smallest absolute Gasteiger partial charge is 0.159 e. The zero-order valence-corrected chi connectivity index (χ0v) is 18.5. The molecule has 2 unspecified atom stereocenters. The lowest BCUT2D eigenvalue weighted by Gasteiger charge is -2.23. The van der Waals surface area contributed by atoms with Crippen molar-refractivity contribution < 1.29 is 5.11 Å². The summed E-state index contributed by atoms with van der Waals surface area (Å²) in [6, 6.07) is 5.87. The lowest BCUT2D eigenvalue weighted by molar-refractivity contribution is 0.0687. The summed E-state index contributed by atoms with van der Waals surface area (Å²) in [5.41, 5.74) is 10.0. The van der Waals surface area contributed by atoms with E-state index in [4.69, 9.17) is 17.3 Å². The Kier molecular flexibility index (Phi) is 6.22. The molecule has 3 rings (SSSR count). The van der Waals surface area contributed by atoms with Crippen molar-refractivity contribution in [2.24, 2.45) is 11.7 Å². The van der Waals surface area contributed by atoms with Crippen LogP contribution in [-0.4, -0.2) is 20.1 Å². The largest absolute Gasteiger partial charge is 0.382 e. The molecule has 0 fully saturated rings. The lowest BCUT2D eigenvalue weighted by Crippen LogP contribution is -2.20. The third-order valence-electron chi connectivity index (χ3n) is 5.35. The van der Waals surface area contributed by atoms with Crippen molar-refractivity contribution in [2.45, 2.75) is 59.1 Å². The van der Waals surface area contributed by atoms with Gasteiger partial charge in [-0.2, -0.15) is 0 Å². The van der Waals surface area contributed by atoms with E-state index in [2.05, 4.69) is 34.9 Å². The quantitative estimate of drug-likeness (QED) is 0.572. The van der Waals surface area contributed by atoms with Crippen LogP contribution in [0.5, 0.6) is 0 Å². The average Bonchev–Trinajstić information content (AvgIpc) is 2.68. The molecule has 2 aromatic heterocycles. The van der Waals surface area contributed by atoms with Crippen LogP contribution < -0.4 is 5.73 Å². The second kappa shape index (κ2) is 8.34. The Balaban J connectivity index is 2.13. The van der Waals surface area contributed by atoms with E-state index in [1.165, 1.54) is 0 Å². The third-order valence-corrected chi connectivity index (χ3v) is 5.83. The van der Waals surface area contributed by atoms with Gasteiger partial charge in [-0.3, -0.25) is 4.98 Å². The fourth-order valence-electron chi connectivity index (χ4n) is 3.61. The summed E-state index contributed by atoms with van der Waals surface area (Å²) in [4.78, 5) is 13.3. The van der Waals surface area contributed by atoms with Crippen molar-refractivity contribution in [1.82, 2.24) is 15.0 Å². The Labute approximate surface area is 177 Å². The van der Waals surface area contributed by atoms with Gasteiger partial charge in [0.15, 0.2) is 5.82 Å². The number of aliphatic hydroxyl groups is 1. The number of nitrogens with two attached hydrogens (primary N) is 1. The SMILES string of the molecule is CCCC(C)C(N)c1c(Cl)c(C)nc2ccc(-c3cnc(C(C)(C)O)nc3)cc12. The molecule has 5 nitrogen and oxygen atoms in total. The highest BCUT2D eigenvalue weighted by Crippen LogP contribution is 2.37. The van der Waals surface area contributed by atoms with Crippen LogP contribution in [0.3, 0.4) is 0 Å². The maximum atomic E-state index is 10.1. The summed E-state index contributed by atoms with van der Waals surface area (Å²) in [5.74, 6) is 0.694. The third kappa shape index (κ3) is 4.42. The number of pyridine rings is 1. The Morgan fingerprint density at radius 3 is 2.41 bits per heavy atom. The molecule has 6 heteroatoms. The maximum absolute atomic E-state index is 10.1. The van der Waals surface area contributed by atoms with Gasteiger partial charge >= 0.3 is 0 Å². The molecule has 0 aliphatic carbocycles. The van der Waals surface area contributed by atoms with Gasteiger partial charge in [0.25, 0.3) is 0 Å². The van der Waals surface area contributed by atoms with Crippen molar-refractivity contribution in [3.8, 4) is 11.1 Å². The fourth-order valence-corrected chi connectivity index (χ4v) is 3.88. The standard InChI is InChI=1S/C23H29ClN4O/c1-6-7-13(2)21(25)19-17-10-15(8-9-18(17)28-14(3)20(19)24)16-11-26-22(27-12-16)23(4,5)29/h8-13,21,29H,6-7,25H2,1-5H3. The van der Waals surface area contributed by atoms with Crippen LogP contribution >= 0.6 is 11.6 Å². The predicted octanol–water partition coefficient (Wildman–Crippen LogP) is 5.32. The first-order chi connectivity index (χ1) is 13.6. The van der Waals surface area contributed by atoms with Gasteiger partial charge < -0.3 is 10.8 Å². The molecule has 2 heterocycles. The molecule has 0 amide bonds. The maximum Gasteiger partial charge on any atom is 0.159 e. The molecule has 2 atom stereocenters. The molecule has 3 aromatic rings. The molecule has 0 aliphatic heterocycles. The van der Waals surface area contributed by atoms with E-state index in [0.717, 1.165) is 46.1 Å². The molecule has 0 saturated carbocycles. The Hall–Kier alpha value is -2.08. The first-order valence-electron chi connectivity index (χ1n) is 10.0. The van der Waals surface area contributed by atoms with Crippen molar-refractivity contribution in [2.75, 3.05) is 0 Å². The Bertz CT molecular complexity index is 1010. The molecule has 0 saturated heterocycles. The van der Waals surface area contributed by atoms with E-state index in [0.29, 0.717) is 16.8 Å². The summed E-state index contributed by atoms with van der Waals surface area (Å²) in [7, 11) is 0. The van der Waals surface area contributed by atoms with Gasteiger partial charge in [-0.15, -0.1) is 0 Å². The van der Waals surface area contributed by atoms with E-state index in [-0.39, 0.29) is 6.04 Å². The van der Waals surface area contributed by atoms with Crippen molar-refractivity contribution in [3.63, 3.8) is 0 Å². The first-order valence-corrected chi connectivity index (χ1v) is 10.4. The molecular weight excluding hydrogens is 384 g/mol. The minimum Gasteiger partial charge on any atom is -0.382 e. The molecule has 3 N–H and O–H groups in total. The van der Waals surface area contributed by atoms with E-state index in [9.17, 15) is 5.11 Å². The Morgan fingerprint density at radius 1 is 1.17 bits per heavy atom. The van der Waals surface area contributed by atoms with Gasteiger partial charge in [-0.25, -0.2) is 9.97 Å². The molecule has 0 spiro atoms. The van der Waals surface area contributed by atoms with Crippen molar-refractivity contribution in [3.05, 3.63) is 52.7 Å². The van der Waals surface area contributed by atoms with Crippen molar-refractivity contribution in [1.29, 1.82) is 0 Å². The summed E-state index contributed by atoms with van der Waals surface area (Å²) < 4.78 is 0. The van der Waals surface area contributed by atoms with Gasteiger partial charge in [0, 0.05) is 29.4 Å². The summed E-state index contributed by atoms with van der Waals surface area (Å²) in [6.45, 7) is 9.58. The van der Waals surface area contributed by atoms with E-state index in [1.54, 1.807) is 26.2 Å². The number of fused-ring (bicyclic) bond motifs is 1. The number of benzene rings is 1. The number of hydrogen-bond donors (Lipinski definition) is 2. The average molecular weight is 413 g/mol. The molecule has 154 valence electrons. The molecular formula is C23H29ClN4O. The predicted molar refractivity (Wildman–Crippen MR) is 119 cm³/mol. The van der Waals surface area contributed by atoms with Crippen LogP contribution in [0.4, 0.5) is 0 Å². The number of aromatic nitrogens is 3. The normalized spacial score (nSPS) is 14.2. The number of halogens is 1. The molecule has 29 heavy (non-hydrogen) atoms. The number of hydrogen-bond acceptors (Lipinski definition) is 5. The van der Waals surface area contributed by atoms with Crippen molar-refractivity contribution >= 4 is 22.5 Å². The first kappa shape index (κ1) is 21.6. The van der Waals surface area contributed by atoms with Gasteiger partial charge in [0.05, 0.1) is 16.2 Å². The second-order valence-electron chi connectivity index (χ2n) is 8.30. The molecule has 0 radical (unpaired) electrons. The number of nitrogens with zero attached hydrogens (tertiary/aromatic N) is 3. The van der Waals surface area contributed by atoms with E-state index >= 15 is 0 Å². The van der Waals surface area contributed by atoms with E-state index in [1.807, 2.05) is 19.1 Å². The van der Waals surface area contributed by atoms with Gasteiger partial charge in [0.2, 0.25) is 0 Å². The highest BCUT2D eigenvalue weighted by Gasteiger charge is 2.23. The highest BCUT2D eigenvalue weighted by molar-refractivity contribution is 6.33. The summed E-state index contributed by atoms with van der Waals surface area (Å²) in [6.07, 6.45) is 5.56. The monoisotopic (exact) mass is 412 g/mol. The van der Waals surface area contributed by atoms with Crippen LogP contribution in [0.15, 0.2) is 30.6 Å². The second-order valence-corrected chi connectivity index (χ2v) is 8.68. The van der Waals surface area contributed by atoms with Crippen LogP contribution in [0.1, 0.15) is 63.7 Å². The topological polar surface area (TPSA) is 84.9 Å². The van der Waals surface area contributed by atoms with Gasteiger partial charge in [-0.1, -0.05) is 37.9 Å². The number of aryl methyl sites for hydroxylation is 1. The van der Waals surface area contributed by atoms with Crippen LogP contribution in [0, 0.1) is 12.8 Å². The van der Waals surface area contributed by atoms with E-state index < -0.39 is 5.60 Å². The zero-order chi connectivity index (χ0) is 21.3. The highest BCUT2D eigenvalue weighted by atomic mass is 35.5. The van der Waals surface area contributed by atoms with Crippen LogP contribution in [-0.2, 0) is 5.60 Å². The summed E-state index contributed by atoms with van der Waals surface area (Å²) >= 11 is 6.69. The molecule has 0 aliphatic rings. The summed E-state index contributed by atoms with van der Waals surface area (Å²) in [5, 5.41) is 11.7. The molecule has 1 aromatic carbocycles.